The lowest BCUT2D eigenvalue weighted by molar-refractivity contribution is 0.174. The van der Waals surface area contributed by atoms with Gasteiger partial charge in [0.2, 0.25) is 6.79 Å². The molecule has 1 saturated heterocycles. The van der Waals surface area contributed by atoms with E-state index in [1.165, 1.54) is 5.56 Å². The molecule has 3 aromatic heterocycles. The molecule has 7 nitrogen and oxygen atoms in total. The van der Waals surface area contributed by atoms with Crippen molar-refractivity contribution in [2.75, 3.05) is 37.9 Å². The minimum Gasteiger partial charge on any atom is -0.454 e. The maximum atomic E-state index is 5.77. The summed E-state index contributed by atoms with van der Waals surface area (Å²) in [5.41, 5.74) is 2.21. The van der Waals surface area contributed by atoms with Crippen molar-refractivity contribution in [3.8, 4) is 11.5 Å². The second-order valence-electron chi connectivity index (χ2n) is 7.89. The van der Waals surface area contributed by atoms with Crippen molar-refractivity contribution in [2.24, 2.45) is 0 Å². The fraction of sp³-hybridized carbons (Fsp3) is 0.304. The number of thiocarbonyl (C=S) groups is 1. The van der Waals surface area contributed by atoms with Gasteiger partial charge in [0.25, 0.3) is 0 Å². The zero-order valence-electron chi connectivity index (χ0n) is 17.4. The molecule has 0 atom stereocenters. The summed E-state index contributed by atoms with van der Waals surface area (Å²) in [6.07, 6.45) is 5.25. The van der Waals surface area contributed by atoms with Crippen LogP contribution in [-0.4, -0.2) is 57.8 Å². The molecule has 4 aromatic rings. The number of hydrogen-bond donors (Lipinski definition) is 0. The van der Waals surface area contributed by atoms with Crippen LogP contribution in [0.5, 0.6) is 11.5 Å². The zero-order chi connectivity index (χ0) is 21.5. The van der Waals surface area contributed by atoms with Gasteiger partial charge in [-0.2, -0.15) is 0 Å². The van der Waals surface area contributed by atoms with E-state index in [0.29, 0.717) is 6.79 Å². The lowest BCUT2D eigenvalue weighted by atomic mass is 10.1. The maximum absolute atomic E-state index is 5.77. The number of fused-ring (bicyclic) bond motifs is 4. The van der Waals surface area contributed by atoms with Gasteiger partial charge in [0.05, 0.1) is 15.2 Å². The molecule has 0 spiro atoms. The monoisotopic (exact) mass is 463 g/mol. The number of pyridine rings is 1. The number of thiophene rings is 1. The highest BCUT2D eigenvalue weighted by Gasteiger charge is 2.23. The SMILES string of the molecule is S=C(CCc1ccc2c(c1)OCO2)N1CCN(c2ncnc3c2sc2ncccc23)CC1. The molecular weight excluding hydrogens is 442 g/mol. The molecule has 2 aliphatic rings. The van der Waals surface area contributed by atoms with Crippen LogP contribution in [0.1, 0.15) is 12.0 Å². The van der Waals surface area contributed by atoms with E-state index in [-0.39, 0.29) is 0 Å². The van der Waals surface area contributed by atoms with E-state index < -0.39 is 0 Å². The van der Waals surface area contributed by atoms with Crippen LogP contribution in [-0.2, 0) is 6.42 Å². The average molecular weight is 464 g/mol. The van der Waals surface area contributed by atoms with Crippen molar-refractivity contribution >= 4 is 54.8 Å². The lowest BCUT2D eigenvalue weighted by Crippen LogP contribution is -2.48. The molecule has 0 bridgehead atoms. The Morgan fingerprint density at radius 2 is 1.91 bits per heavy atom. The number of hydrogen-bond acceptors (Lipinski definition) is 8. The fourth-order valence-electron chi connectivity index (χ4n) is 4.30. The first-order valence-electron chi connectivity index (χ1n) is 10.7. The van der Waals surface area contributed by atoms with Gasteiger partial charge in [0.1, 0.15) is 17.0 Å². The highest BCUT2D eigenvalue weighted by atomic mass is 32.1. The maximum Gasteiger partial charge on any atom is 0.231 e. The van der Waals surface area contributed by atoms with Crippen molar-refractivity contribution < 1.29 is 9.47 Å². The predicted octanol–water partition coefficient (Wildman–Crippen LogP) is 4.05. The number of rotatable bonds is 4. The van der Waals surface area contributed by atoms with Gasteiger partial charge in [-0.25, -0.2) is 15.0 Å². The smallest absolute Gasteiger partial charge is 0.231 e. The molecule has 1 fully saturated rings. The van der Waals surface area contributed by atoms with Gasteiger partial charge in [-0.1, -0.05) is 18.3 Å². The molecule has 1 aromatic carbocycles. The Kier molecular flexibility index (Phi) is 4.99. The van der Waals surface area contributed by atoms with Gasteiger partial charge in [0.15, 0.2) is 11.5 Å². The molecule has 0 radical (unpaired) electrons. The molecule has 162 valence electrons. The number of piperazine rings is 1. The summed E-state index contributed by atoms with van der Waals surface area (Å²) in [6.45, 7) is 3.87. The van der Waals surface area contributed by atoms with Crippen LogP contribution in [0.2, 0.25) is 0 Å². The molecule has 9 heteroatoms. The van der Waals surface area contributed by atoms with Crippen molar-refractivity contribution in [3.05, 3.63) is 48.4 Å². The Morgan fingerprint density at radius 1 is 1.03 bits per heavy atom. The minimum atomic E-state index is 0.304. The highest BCUT2D eigenvalue weighted by Crippen LogP contribution is 2.36. The van der Waals surface area contributed by atoms with E-state index in [0.717, 1.165) is 81.8 Å². The number of aromatic nitrogens is 3. The van der Waals surface area contributed by atoms with E-state index in [1.54, 1.807) is 17.7 Å². The van der Waals surface area contributed by atoms with E-state index in [4.69, 9.17) is 21.7 Å². The van der Waals surface area contributed by atoms with Gasteiger partial charge in [-0.15, -0.1) is 11.3 Å². The summed E-state index contributed by atoms with van der Waals surface area (Å²) in [5, 5.41) is 1.10. The standard InChI is InChI=1S/C23H21N5O2S2/c31-19(6-4-15-3-5-17-18(12-15)30-14-29-17)27-8-10-28(11-9-27)22-21-20(25-13-26-22)16-2-1-7-24-23(16)32-21/h1-3,5,7,12-13H,4,6,8-11,14H2. The van der Waals surface area contributed by atoms with Crippen LogP contribution in [0, 0.1) is 0 Å². The summed E-state index contributed by atoms with van der Waals surface area (Å²) >= 11 is 7.43. The Morgan fingerprint density at radius 3 is 2.81 bits per heavy atom. The van der Waals surface area contributed by atoms with Crippen LogP contribution in [0.25, 0.3) is 20.4 Å². The normalized spacial score (nSPS) is 15.6. The molecule has 6 rings (SSSR count). The third-order valence-corrected chi connectivity index (χ3v) is 7.57. The van der Waals surface area contributed by atoms with Gasteiger partial charge >= 0.3 is 0 Å². The molecular formula is C23H21N5O2S2. The summed E-state index contributed by atoms with van der Waals surface area (Å²) in [6, 6.07) is 10.2. The zero-order valence-corrected chi connectivity index (χ0v) is 19.0. The molecule has 0 saturated carbocycles. The molecule has 32 heavy (non-hydrogen) atoms. The van der Waals surface area contributed by atoms with Gasteiger partial charge in [0, 0.05) is 44.2 Å². The quantitative estimate of drug-likeness (QED) is 0.420. The number of aryl methyl sites for hydroxylation is 1. The largest absolute Gasteiger partial charge is 0.454 e. The first kappa shape index (κ1) is 19.6. The van der Waals surface area contributed by atoms with Crippen LogP contribution < -0.4 is 14.4 Å². The number of nitrogens with zero attached hydrogens (tertiary/aromatic N) is 5. The van der Waals surface area contributed by atoms with Crippen molar-refractivity contribution in [2.45, 2.75) is 12.8 Å². The lowest BCUT2D eigenvalue weighted by Gasteiger charge is -2.37. The van der Waals surface area contributed by atoms with Crippen molar-refractivity contribution in [1.29, 1.82) is 0 Å². The van der Waals surface area contributed by atoms with Gasteiger partial charge < -0.3 is 19.3 Å². The van der Waals surface area contributed by atoms with Crippen molar-refractivity contribution in [1.82, 2.24) is 19.9 Å². The van der Waals surface area contributed by atoms with Crippen LogP contribution in [0.4, 0.5) is 5.82 Å². The van der Waals surface area contributed by atoms with Gasteiger partial charge in [-0.3, -0.25) is 0 Å². The molecule has 0 amide bonds. The first-order valence-corrected chi connectivity index (χ1v) is 11.9. The third-order valence-electron chi connectivity index (χ3n) is 6.01. The Labute approximate surface area is 194 Å². The highest BCUT2D eigenvalue weighted by molar-refractivity contribution is 7.80. The summed E-state index contributed by atoms with van der Waals surface area (Å²) in [4.78, 5) is 20.3. The van der Waals surface area contributed by atoms with E-state index >= 15 is 0 Å². The van der Waals surface area contributed by atoms with Crippen LogP contribution in [0.3, 0.4) is 0 Å². The number of benzene rings is 1. The minimum absolute atomic E-state index is 0.304. The Balaban J connectivity index is 1.11. The second-order valence-corrected chi connectivity index (χ2v) is 9.36. The molecule has 2 aliphatic heterocycles. The van der Waals surface area contributed by atoms with Crippen molar-refractivity contribution in [3.63, 3.8) is 0 Å². The third kappa shape index (κ3) is 3.51. The summed E-state index contributed by atoms with van der Waals surface area (Å²) < 4.78 is 12.0. The van der Waals surface area contributed by atoms with Gasteiger partial charge in [-0.05, 0) is 36.2 Å². The molecule has 0 aliphatic carbocycles. The number of ether oxygens (including phenoxy) is 2. The topological polar surface area (TPSA) is 63.6 Å². The number of anilines is 1. The average Bonchev–Trinajstić information content (AvgIpc) is 3.46. The first-order chi connectivity index (χ1) is 15.8. The fourth-order valence-corrected chi connectivity index (χ4v) is 5.70. The summed E-state index contributed by atoms with van der Waals surface area (Å²) in [5.74, 6) is 2.65. The predicted molar refractivity (Wildman–Crippen MR) is 130 cm³/mol. The second kappa shape index (κ2) is 8.14. The Hall–Kier alpha value is -3.04. The summed E-state index contributed by atoms with van der Waals surface area (Å²) in [7, 11) is 0. The van der Waals surface area contributed by atoms with Crippen LogP contribution >= 0.6 is 23.6 Å². The Bertz CT molecular complexity index is 1320. The van der Waals surface area contributed by atoms with E-state index in [9.17, 15) is 0 Å². The molecule has 0 N–H and O–H groups in total. The van der Waals surface area contributed by atoms with E-state index in [1.807, 2.05) is 18.3 Å². The van der Waals surface area contributed by atoms with Crippen LogP contribution in [0.15, 0.2) is 42.9 Å². The molecule has 0 unspecified atom stereocenters. The molecule has 5 heterocycles. The van der Waals surface area contributed by atoms with E-state index in [2.05, 4.69) is 43.0 Å².